The molecule has 0 radical (unpaired) electrons. The average molecular weight is 463 g/mol. The first-order valence-electron chi connectivity index (χ1n) is 12.0. The molecule has 2 aliphatic heterocycles. The Kier molecular flexibility index (Phi) is 6.28. The summed E-state index contributed by atoms with van der Waals surface area (Å²) in [5, 5.41) is 12.5. The fourth-order valence-corrected chi connectivity index (χ4v) is 4.74. The summed E-state index contributed by atoms with van der Waals surface area (Å²) in [7, 11) is 0. The third-order valence-corrected chi connectivity index (χ3v) is 6.75. The van der Waals surface area contributed by atoms with E-state index in [2.05, 4.69) is 39.6 Å². The van der Waals surface area contributed by atoms with Gasteiger partial charge in [-0.15, -0.1) is 10.2 Å². The first-order chi connectivity index (χ1) is 16.5. The van der Waals surface area contributed by atoms with Gasteiger partial charge < -0.3 is 19.5 Å². The molecule has 178 valence electrons. The molecule has 5 rings (SSSR count). The molecule has 0 spiro atoms. The molecule has 2 amide bonds. The van der Waals surface area contributed by atoms with E-state index in [1.54, 1.807) is 0 Å². The number of nitrogens with zero attached hydrogens (tertiary/aromatic N) is 5. The van der Waals surface area contributed by atoms with E-state index < -0.39 is 0 Å². The first-order valence-corrected chi connectivity index (χ1v) is 12.0. The van der Waals surface area contributed by atoms with Crippen molar-refractivity contribution < 1.29 is 14.3 Å². The summed E-state index contributed by atoms with van der Waals surface area (Å²) in [5.41, 5.74) is 3.56. The monoisotopic (exact) mass is 462 g/mol. The van der Waals surface area contributed by atoms with Crippen LogP contribution in [-0.2, 0) is 35.5 Å². The van der Waals surface area contributed by atoms with Gasteiger partial charge in [-0.25, -0.2) is 0 Å². The van der Waals surface area contributed by atoms with E-state index in [4.69, 9.17) is 4.74 Å². The van der Waals surface area contributed by atoms with Crippen LogP contribution in [0.2, 0.25) is 0 Å². The van der Waals surface area contributed by atoms with E-state index >= 15 is 0 Å². The van der Waals surface area contributed by atoms with Crippen LogP contribution in [0.25, 0.3) is 10.9 Å². The van der Waals surface area contributed by atoms with Crippen molar-refractivity contribution in [2.45, 2.75) is 46.2 Å². The lowest BCUT2D eigenvalue weighted by Crippen LogP contribution is -2.34. The lowest BCUT2D eigenvalue weighted by atomic mass is 10.0. The molecule has 9 nitrogen and oxygen atoms in total. The van der Waals surface area contributed by atoms with Crippen LogP contribution in [0.3, 0.4) is 0 Å². The molecule has 3 aromatic rings. The Morgan fingerprint density at radius 2 is 2.06 bits per heavy atom. The van der Waals surface area contributed by atoms with Gasteiger partial charge in [-0.2, -0.15) is 0 Å². The maximum Gasteiger partial charge on any atom is 0.254 e. The van der Waals surface area contributed by atoms with E-state index in [1.165, 1.54) is 5.56 Å². The molecule has 2 aliphatic rings. The van der Waals surface area contributed by atoms with Gasteiger partial charge in [-0.3, -0.25) is 14.6 Å². The molecule has 1 atom stereocenters. The Hall–Kier alpha value is -3.33. The molecule has 9 heteroatoms. The maximum absolute atomic E-state index is 13.6. The Morgan fingerprint density at radius 1 is 1.18 bits per heavy atom. The summed E-state index contributed by atoms with van der Waals surface area (Å²) >= 11 is 0. The standard InChI is InChI=1S/C25H30N6O3/c1-3-17-4-5-21-19(13-17)20(12-16(2)27-21)25(33)30-8-6-22-28-29-23(31(22)10-9-30)14-26-24(32)18-7-11-34-15-18/h4-5,12-13,18H,3,6-11,14-15H2,1-2H3,(H,26,32). The molecule has 1 aromatic carbocycles. The van der Waals surface area contributed by atoms with Crippen molar-refractivity contribution in [3.05, 3.63) is 52.7 Å². The minimum Gasteiger partial charge on any atom is -0.381 e. The van der Waals surface area contributed by atoms with E-state index in [9.17, 15) is 9.59 Å². The highest BCUT2D eigenvalue weighted by Crippen LogP contribution is 2.23. The van der Waals surface area contributed by atoms with Crippen molar-refractivity contribution in [1.82, 2.24) is 30.0 Å². The van der Waals surface area contributed by atoms with Crippen LogP contribution in [0.15, 0.2) is 24.3 Å². The number of aryl methyl sites for hydroxylation is 2. The SMILES string of the molecule is CCc1ccc2nc(C)cc(C(=O)N3CCc4nnc(CNC(=O)C5CCOC5)n4CC3)c2c1. The second kappa shape index (κ2) is 9.50. The van der Waals surface area contributed by atoms with Crippen LogP contribution in [0.4, 0.5) is 0 Å². The number of ether oxygens (including phenoxy) is 1. The zero-order valence-corrected chi connectivity index (χ0v) is 19.7. The molecule has 0 aliphatic carbocycles. The van der Waals surface area contributed by atoms with Gasteiger partial charge in [0.05, 0.1) is 30.1 Å². The number of hydrogen-bond acceptors (Lipinski definition) is 6. The summed E-state index contributed by atoms with van der Waals surface area (Å²) in [6.07, 6.45) is 2.28. The summed E-state index contributed by atoms with van der Waals surface area (Å²) in [5.74, 6) is 1.47. The molecular weight excluding hydrogens is 432 g/mol. The molecule has 1 N–H and O–H groups in total. The summed E-state index contributed by atoms with van der Waals surface area (Å²) in [4.78, 5) is 32.5. The van der Waals surface area contributed by atoms with Crippen molar-refractivity contribution in [3.63, 3.8) is 0 Å². The summed E-state index contributed by atoms with van der Waals surface area (Å²) in [6, 6.07) is 8.04. The second-order valence-corrected chi connectivity index (χ2v) is 9.02. The fraction of sp³-hybridized carbons (Fsp3) is 0.480. The van der Waals surface area contributed by atoms with Gasteiger partial charge in [0.15, 0.2) is 5.82 Å². The summed E-state index contributed by atoms with van der Waals surface area (Å²) in [6.45, 7) is 7.18. The van der Waals surface area contributed by atoms with Crippen molar-refractivity contribution >= 4 is 22.7 Å². The van der Waals surface area contributed by atoms with E-state index in [0.717, 1.165) is 35.3 Å². The number of amides is 2. The number of aromatic nitrogens is 4. The quantitative estimate of drug-likeness (QED) is 0.623. The number of nitrogens with one attached hydrogen (secondary N) is 1. The van der Waals surface area contributed by atoms with E-state index in [1.807, 2.05) is 28.5 Å². The first kappa shape index (κ1) is 22.5. The normalized spacial score (nSPS) is 18.1. The molecule has 1 saturated heterocycles. The van der Waals surface area contributed by atoms with Crippen molar-refractivity contribution in [2.75, 3.05) is 26.3 Å². The molecule has 0 bridgehead atoms. The average Bonchev–Trinajstić information content (AvgIpc) is 3.47. The highest BCUT2D eigenvalue weighted by atomic mass is 16.5. The number of hydrogen-bond donors (Lipinski definition) is 1. The van der Waals surface area contributed by atoms with Gasteiger partial charge in [-0.1, -0.05) is 13.0 Å². The van der Waals surface area contributed by atoms with E-state index in [0.29, 0.717) is 57.2 Å². The highest BCUT2D eigenvalue weighted by molar-refractivity contribution is 6.06. The molecule has 2 aromatic heterocycles. The van der Waals surface area contributed by atoms with E-state index in [-0.39, 0.29) is 17.7 Å². The van der Waals surface area contributed by atoms with Gasteiger partial charge in [0.2, 0.25) is 5.91 Å². The van der Waals surface area contributed by atoms with Gasteiger partial charge in [0.25, 0.3) is 5.91 Å². The fourth-order valence-electron chi connectivity index (χ4n) is 4.74. The second-order valence-electron chi connectivity index (χ2n) is 9.02. The lowest BCUT2D eigenvalue weighted by molar-refractivity contribution is -0.125. The van der Waals surface area contributed by atoms with Gasteiger partial charge in [-0.05, 0) is 43.5 Å². The number of fused-ring (bicyclic) bond motifs is 2. The molecule has 1 fully saturated rings. The topological polar surface area (TPSA) is 102 Å². The van der Waals surface area contributed by atoms with Crippen molar-refractivity contribution in [2.24, 2.45) is 5.92 Å². The van der Waals surface area contributed by atoms with Crippen LogP contribution in [0.1, 0.15) is 46.6 Å². The van der Waals surface area contributed by atoms with Crippen LogP contribution in [0, 0.1) is 12.8 Å². The number of benzene rings is 1. The number of carbonyl (C=O) groups excluding carboxylic acids is 2. The number of rotatable bonds is 5. The molecule has 0 saturated carbocycles. The van der Waals surface area contributed by atoms with Gasteiger partial charge >= 0.3 is 0 Å². The predicted molar refractivity (Wildman–Crippen MR) is 126 cm³/mol. The largest absolute Gasteiger partial charge is 0.381 e. The number of carbonyl (C=O) groups is 2. The smallest absolute Gasteiger partial charge is 0.254 e. The Bertz CT molecular complexity index is 1230. The zero-order chi connectivity index (χ0) is 23.7. The molecule has 4 heterocycles. The predicted octanol–water partition coefficient (Wildman–Crippen LogP) is 2.05. The zero-order valence-electron chi connectivity index (χ0n) is 19.7. The van der Waals surface area contributed by atoms with Gasteiger partial charge in [0.1, 0.15) is 5.82 Å². The highest BCUT2D eigenvalue weighted by Gasteiger charge is 2.26. The van der Waals surface area contributed by atoms with Crippen LogP contribution in [0.5, 0.6) is 0 Å². The minimum absolute atomic E-state index is 0.00772. The van der Waals surface area contributed by atoms with Crippen LogP contribution in [-0.4, -0.2) is 62.8 Å². The third-order valence-electron chi connectivity index (χ3n) is 6.75. The third kappa shape index (κ3) is 4.40. The number of pyridine rings is 1. The van der Waals surface area contributed by atoms with Crippen LogP contribution >= 0.6 is 0 Å². The Morgan fingerprint density at radius 3 is 2.85 bits per heavy atom. The van der Waals surface area contributed by atoms with Crippen molar-refractivity contribution in [1.29, 1.82) is 0 Å². The minimum atomic E-state index is -0.0912. The molecular formula is C25H30N6O3. The molecule has 1 unspecified atom stereocenters. The molecule has 34 heavy (non-hydrogen) atoms. The maximum atomic E-state index is 13.6. The van der Waals surface area contributed by atoms with Gasteiger partial charge in [0, 0.05) is 43.7 Å². The van der Waals surface area contributed by atoms with Crippen LogP contribution < -0.4 is 5.32 Å². The Balaban J connectivity index is 1.31. The summed E-state index contributed by atoms with van der Waals surface area (Å²) < 4.78 is 7.34. The Labute approximate surface area is 198 Å². The lowest BCUT2D eigenvalue weighted by Gasteiger charge is -2.21. The van der Waals surface area contributed by atoms with Crippen molar-refractivity contribution in [3.8, 4) is 0 Å².